The van der Waals surface area contributed by atoms with Crippen LogP contribution in [-0.4, -0.2) is 53.8 Å². The summed E-state index contributed by atoms with van der Waals surface area (Å²) >= 11 is 1.53. The molecule has 1 aliphatic rings. The highest BCUT2D eigenvalue weighted by Crippen LogP contribution is 2.26. The van der Waals surface area contributed by atoms with Crippen molar-refractivity contribution in [2.75, 3.05) is 32.8 Å². The number of aryl methyl sites for hydroxylation is 1. The van der Waals surface area contributed by atoms with Crippen molar-refractivity contribution in [3.63, 3.8) is 0 Å². The van der Waals surface area contributed by atoms with Gasteiger partial charge in [-0.3, -0.25) is 9.69 Å². The lowest BCUT2D eigenvalue weighted by Crippen LogP contribution is -2.43. The van der Waals surface area contributed by atoms with Gasteiger partial charge in [-0.25, -0.2) is 0 Å². The van der Waals surface area contributed by atoms with Crippen LogP contribution in [0.3, 0.4) is 0 Å². The number of aromatic nitrogens is 2. The van der Waals surface area contributed by atoms with Crippen molar-refractivity contribution in [3.05, 3.63) is 77.4 Å². The van der Waals surface area contributed by atoms with Gasteiger partial charge in [0.2, 0.25) is 5.89 Å². The zero-order chi connectivity index (χ0) is 21.5. The van der Waals surface area contributed by atoms with Crippen molar-refractivity contribution < 1.29 is 14.1 Å². The van der Waals surface area contributed by atoms with Gasteiger partial charge in [-0.05, 0) is 17.7 Å². The predicted molar refractivity (Wildman–Crippen MR) is 119 cm³/mol. The maximum Gasteiger partial charge on any atom is 0.252 e. The fourth-order valence-electron chi connectivity index (χ4n) is 3.63. The summed E-state index contributed by atoms with van der Waals surface area (Å²) in [5, 5.41) is 7.08. The highest BCUT2D eigenvalue weighted by Gasteiger charge is 2.23. The molecule has 0 radical (unpaired) electrons. The van der Waals surface area contributed by atoms with Crippen LogP contribution in [0.5, 0.6) is 0 Å². The summed E-state index contributed by atoms with van der Waals surface area (Å²) in [6, 6.07) is 18.0. The van der Waals surface area contributed by atoms with Crippen LogP contribution in [0.25, 0.3) is 0 Å². The quantitative estimate of drug-likeness (QED) is 0.539. The van der Waals surface area contributed by atoms with Crippen LogP contribution in [0.4, 0.5) is 0 Å². The Morgan fingerprint density at radius 3 is 2.61 bits per heavy atom. The van der Waals surface area contributed by atoms with Crippen LogP contribution in [0.2, 0.25) is 0 Å². The Morgan fingerprint density at radius 2 is 1.87 bits per heavy atom. The first kappa shape index (κ1) is 21.5. The van der Waals surface area contributed by atoms with Gasteiger partial charge in [0.05, 0.1) is 30.6 Å². The van der Waals surface area contributed by atoms with Crippen molar-refractivity contribution in [1.82, 2.24) is 20.4 Å². The third kappa shape index (κ3) is 5.72. The first-order valence-corrected chi connectivity index (χ1v) is 11.4. The van der Waals surface area contributed by atoms with Gasteiger partial charge in [0.25, 0.3) is 5.91 Å². The number of hydrogen-bond acceptors (Lipinski definition) is 7. The van der Waals surface area contributed by atoms with Crippen LogP contribution < -0.4 is 5.32 Å². The highest BCUT2D eigenvalue weighted by atomic mass is 32.2. The Morgan fingerprint density at radius 1 is 1.13 bits per heavy atom. The number of thioether (sulfide) groups is 1. The largest absolute Gasteiger partial charge is 0.379 e. The molecule has 7 nitrogen and oxygen atoms in total. The van der Waals surface area contributed by atoms with E-state index in [1.807, 2.05) is 42.5 Å². The van der Waals surface area contributed by atoms with Crippen molar-refractivity contribution in [2.45, 2.75) is 23.6 Å². The molecular formula is C23H26N4O3S. The molecular weight excluding hydrogens is 412 g/mol. The second kappa shape index (κ2) is 10.6. The van der Waals surface area contributed by atoms with Gasteiger partial charge in [0.1, 0.15) is 0 Å². The molecule has 1 aromatic heterocycles. The monoisotopic (exact) mass is 438 g/mol. The minimum Gasteiger partial charge on any atom is -0.379 e. The second-order valence-electron chi connectivity index (χ2n) is 7.30. The second-order valence-corrected chi connectivity index (χ2v) is 8.32. The number of ether oxygens (including phenoxy) is 1. The summed E-state index contributed by atoms with van der Waals surface area (Å²) in [5.41, 5.74) is 1.85. The molecule has 0 spiro atoms. The lowest BCUT2D eigenvalue weighted by atomic mass is 10.0. The molecule has 0 aliphatic carbocycles. The average molecular weight is 439 g/mol. The molecule has 162 valence electrons. The molecule has 0 bridgehead atoms. The molecule has 3 aromatic rings. The summed E-state index contributed by atoms with van der Waals surface area (Å²) in [5.74, 6) is 1.62. The molecule has 0 saturated carbocycles. The number of hydrogen-bond donors (Lipinski definition) is 1. The number of nitrogens with one attached hydrogen (secondary N) is 1. The number of nitrogens with zero attached hydrogens (tertiary/aromatic N) is 3. The minimum absolute atomic E-state index is 0.0819. The number of carbonyl (C=O) groups excluding carboxylic acids is 1. The van der Waals surface area contributed by atoms with Crippen molar-refractivity contribution in [1.29, 1.82) is 0 Å². The van der Waals surface area contributed by atoms with E-state index in [1.165, 1.54) is 17.3 Å². The smallest absolute Gasteiger partial charge is 0.252 e. The van der Waals surface area contributed by atoms with Crippen molar-refractivity contribution >= 4 is 17.7 Å². The number of rotatable bonds is 8. The Labute approximate surface area is 186 Å². The molecule has 1 aliphatic heterocycles. The molecule has 1 atom stereocenters. The fraction of sp³-hybridized carbons (Fsp3) is 0.348. The summed E-state index contributed by atoms with van der Waals surface area (Å²) in [6.07, 6.45) is 0. The Hall–Kier alpha value is -2.68. The summed E-state index contributed by atoms with van der Waals surface area (Å²) < 4.78 is 10.5. The summed E-state index contributed by atoms with van der Waals surface area (Å²) in [6.45, 7) is 5.43. The van der Waals surface area contributed by atoms with Crippen LogP contribution in [0.1, 0.15) is 33.7 Å². The van der Waals surface area contributed by atoms with Gasteiger partial charge >= 0.3 is 0 Å². The van der Waals surface area contributed by atoms with E-state index in [9.17, 15) is 4.79 Å². The van der Waals surface area contributed by atoms with Gasteiger partial charge < -0.3 is 14.6 Å². The fourth-order valence-corrected chi connectivity index (χ4v) is 4.52. The van der Waals surface area contributed by atoms with Gasteiger partial charge in [-0.2, -0.15) is 4.98 Å². The number of benzene rings is 2. The minimum atomic E-state index is -0.0819. The van der Waals surface area contributed by atoms with Gasteiger partial charge in [0, 0.05) is 31.5 Å². The molecule has 8 heteroatoms. The number of carbonyl (C=O) groups is 1. The molecule has 1 saturated heterocycles. The van der Waals surface area contributed by atoms with Crippen molar-refractivity contribution in [3.8, 4) is 0 Å². The van der Waals surface area contributed by atoms with E-state index in [0.717, 1.165) is 18.0 Å². The maximum absolute atomic E-state index is 13.1. The Kier molecular flexibility index (Phi) is 7.35. The molecule has 31 heavy (non-hydrogen) atoms. The van der Waals surface area contributed by atoms with Gasteiger partial charge in [-0.15, -0.1) is 11.8 Å². The third-order valence-electron chi connectivity index (χ3n) is 5.18. The number of morpholine rings is 1. The SMILES string of the molecule is Cc1nc(CSc2ccccc2C(=O)NCC(c2ccccc2)N2CCOCC2)no1. The lowest BCUT2D eigenvalue weighted by molar-refractivity contribution is 0.0162. The van der Waals surface area contributed by atoms with Gasteiger partial charge in [-0.1, -0.05) is 47.6 Å². The van der Waals surface area contributed by atoms with E-state index in [1.54, 1.807) is 6.92 Å². The van der Waals surface area contributed by atoms with Crippen molar-refractivity contribution in [2.24, 2.45) is 0 Å². The van der Waals surface area contributed by atoms with Crippen LogP contribution in [0, 0.1) is 6.92 Å². The molecule has 1 unspecified atom stereocenters. The van der Waals surface area contributed by atoms with E-state index in [-0.39, 0.29) is 11.9 Å². The van der Waals surface area contributed by atoms with E-state index < -0.39 is 0 Å². The van der Waals surface area contributed by atoms with Crippen LogP contribution in [-0.2, 0) is 10.5 Å². The standard InChI is InChI=1S/C23H26N4O3S/c1-17-25-22(26-30-17)16-31-21-10-6-5-9-19(21)23(28)24-15-20(18-7-3-2-4-8-18)27-11-13-29-14-12-27/h2-10,20H,11-16H2,1H3,(H,24,28). The zero-order valence-electron chi connectivity index (χ0n) is 17.5. The molecule has 2 heterocycles. The Bertz CT molecular complexity index is 989. The van der Waals surface area contributed by atoms with E-state index in [0.29, 0.717) is 42.8 Å². The van der Waals surface area contributed by atoms with Gasteiger partial charge in [0.15, 0.2) is 5.82 Å². The first-order valence-electron chi connectivity index (χ1n) is 10.4. The highest BCUT2D eigenvalue weighted by molar-refractivity contribution is 7.98. The lowest BCUT2D eigenvalue weighted by Gasteiger charge is -2.35. The normalized spacial score (nSPS) is 15.5. The van der Waals surface area contributed by atoms with Crippen LogP contribution >= 0.6 is 11.8 Å². The summed E-state index contributed by atoms with van der Waals surface area (Å²) in [7, 11) is 0. The van der Waals surface area contributed by atoms with E-state index in [4.69, 9.17) is 9.26 Å². The predicted octanol–water partition coefficient (Wildman–Crippen LogP) is 3.47. The van der Waals surface area contributed by atoms with E-state index in [2.05, 4.69) is 32.5 Å². The first-order chi connectivity index (χ1) is 15.2. The molecule has 4 rings (SSSR count). The molecule has 1 amide bonds. The van der Waals surface area contributed by atoms with E-state index >= 15 is 0 Å². The molecule has 1 fully saturated rings. The topological polar surface area (TPSA) is 80.5 Å². The molecule has 2 aromatic carbocycles. The maximum atomic E-state index is 13.1. The zero-order valence-corrected chi connectivity index (χ0v) is 18.3. The molecule has 1 N–H and O–H groups in total. The number of amides is 1. The summed E-state index contributed by atoms with van der Waals surface area (Å²) in [4.78, 5) is 20.6. The average Bonchev–Trinajstić information content (AvgIpc) is 3.24. The third-order valence-corrected chi connectivity index (χ3v) is 6.25. The Balaban J connectivity index is 1.44. The van der Waals surface area contributed by atoms with Crippen LogP contribution in [0.15, 0.2) is 64.0 Å².